The summed E-state index contributed by atoms with van der Waals surface area (Å²) in [4.78, 5) is 31.8. The third kappa shape index (κ3) is 3.17. The number of rotatable bonds is 3. The maximum absolute atomic E-state index is 12.6. The van der Waals surface area contributed by atoms with Crippen molar-refractivity contribution in [2.75, 3.05) is 0 Å². The zero-order valence-corrected chi connectivity index (χ0v) is 13.9. The van der Waals surface area contributed by atoms with Crippen LogP contribution in [0.25, 0.3) is 10.9 Å². The van der Waals surface area contributed by atoms with Gasteiger partial charge in [-0.25, -0.2) is 9.78 Å². The first kappa shape index (κ1) is 15.4. The highest BCUT2D eigenvalue weighted by molar-refractivity contribution is 7.12. The Morgan fingerprint density at radius 3 is 2.70 bits per heavy atom. The van der Waals surface area contributed by atoms with Crippen LogP contribution in [0, 0.1) is 0 Å². The first-order valence-corrected chi connectivity index (χ1v) is 8.03. The van der Waals surface area contributed by atoms with Crippen LogP contribution in [0.4, 0.5) is 0 Å². The molecule has 0 aliphatic heterocycles. The fourth-order valence-electron chi connectivity index (χ4n) is 2.18. The van der Waals surface area contributed by atoms with Crippen molar-refractivity contribution in [1.29, 1.82) is 0 Å². The number of para-hydroxylation sites is 1. The summed E-state index contributed by atoms with van der Waals surface area (Å²) in [5.74, 6) is -0.728. The molecule has 1 N–H and O–H groups in total. The van der Waals surface area contributed by atoms with Crippen molar-refractivity contribution in [3.05, 3.63) is 52.1 Å². The molecule has 3 aromatic rings. The minimum atomic E-state index is -0.596. The molecule has 3 rings (SSSR count). The molecule has 0 radical (unpaired) electrons. The zero-order valence-electron chi connectivity index (χ0n) is 13.0. The van der Waals surface area contributed by atoms with E-state index in [0.717, 1.165) is 22.2 Å². The first-order chi connectivity index (χ1) is 10.8. The molecular weight excluding hydrogens is 312 g/mol. The van der Waals surface area contributed by atoms with Crippen LogP contribution >= 0.6 is 11.3 Å². The number of nitrogens with zero attached hydrogens (tertiary/aromatic N) is 1. The monoisotopic (exact) mass is 328 g/mol. The van der Waals surface area contributed by atoms with Crippen molar-refractivity contribution in [2.24, 2.45) is 0 Å². The topological polar surface area (TPSA) is 72.1 Å². The Labute approximate surface area is 137 Å². The highest BCUT2D eigenvalue weighted by Gasteiger charge is 2.23. The van der Waals surface area contributed by atoms with Crippen molar-refractivity contribution in [1.82, 2.24) is 9.97 Å². The lowest BCUT2D eigenvalue weighted by Gasteiger charge is -2.18. The van der Waals surface area contributed by atoms with Crippen LogP contribution in [0.2, 0.25) is 0 Å². The van der Waals surface area contributed by atoms with Crippen LogP contribution in [-0.2, 0) is 4.74 Å². The minimum absolute atomic E-state index is 0.160. The summed E-state index contributed by atoms with van der Waals surface area (Å²) in [5.41, 5.74) is 1.00. The summed E-state index contributed by atoms with van der Waals surface area (Å²) in [6, 6.07) is 7.56. The van der Waals surface area contributed by atoms with Crippen LogP contribution in [0.15, 0.2) is 35.8 Å². The number of carbonyl (C=O) groups is 2. The van der Waals surface area contributed by atoms with E-state index in [1.165, 1.54) is 0 Å². The molecule has 0 spiro atoms. The van der Waals surface area contributed by atoms with Gasteiger partial charge in [0.05, 0.1) is 5.56 Å². The maximum atomic E-state index is 12.6. The molecule has 0 aliphatic carbocycles. The van der Waals surface area contributed by atoms with Crippen molar-refractivity contribution < 1.29 is 14.3 Å². The average Bonchev–Trinajstić information content (AvgIpc) is 3.12. The van der Waals surface area contributed by atoms with Gasteiger partial charge in [-0.1, -0.05) is 18.2 Å². The molecule has 5 nitrogen and oxygen atoms in total. The Bertz CT molecular complexity index is 887. The standard InChI is InChI=1S/C17H16N2O3S/c1-17(2,3)22-16(21)13-9-23-15(19-13)14(20)11-8-18-12-7-5-4-6-10(11)12/h4-9,18H,1-3H3. The molecule has 0 fully saturated rings. The summed E-state index contributed by atoms with van der Waals surface area (Å²) in [7, 11) is 0. The zero-order chi connectivity index (χ0) is 16.6. The number of ketones is 1. The number of esters is 1. The summed E-state index contributed by atoms with van der Waals surface area (Å²) < 4.78 is 5.27. The second-order valence-electron chi connectivity index (χ2n) is 6.12. The van der Waals surface area contributed by atoms with Crippen molar-refractivity contribution in [3.63, 3.8) is 0 Å². The molecule has 23 heavy (non-hydrogen) atoms. The van der Waals surface area contributed by atoms with E-state index in [1.54, 1.807) is 32.3 Å². The van der Waals surface area contributed by atoms with Gasteiger partial charge in [0.15, 0.2) is 10.7 Å². The van der Waals surface area contributed by atoms with Gasteiger partial charge >= 0.3 is 5.97 Å². The molecular formula is C17H16N2O3S. The molecule has 0 atom stereocenters. The van der Waals surface area contributed by atoms with Crippen LogP contribution in [0.5, 0.6) is 0 Å². The van der Waals surface area contributed by atoms with Gasteiger partial charge in [-0.05, 0) is 26.8 Å². The number of aromatic nitrogens is 2. The Kier molecular flexibility index (Phi) is 3.77. The lowest BCUT2D eigenvalue weighted by Crippen LogP contribution is -2.24. The van der Waals surface area contributed by atoms with E-state index < -0.39 is 11.6 Å². The molecule has 2 aromatic heterocycles. The number of fused-ring (bicyclic) bond motifs is 1. The third-order valence-corrected chi connectivity index (χ3v) is 3.98. The number of hydrogen-bond donors (Lipinski definition) is 1. The molecule has 0 unspecified atom stereocenters. The predicted octanol–water partition coefficient (Wildman–Crippen LogP) is 3.81. The lowest BCUT2D eigenvalue weighted by molar-refractivity contribution is 0.00637. The molecule has 2 heterocycles. The van der Waals surface area contributed by atoms with Crippen molar-refractivity contribution in [3.8, 4) is 0 Å². The second-order valence-corrected chi connectivity index (χ2v) is 6.97. The molecule has 6 heteroatoms. The Morgan fingerprint density at radius 1 is 1.22 bits per heavy atom. The normalized spacial score (nSPS) is 11.6. The van der Waals surface area contributed by atoms with Crippen LogP contribution < -0.4 is 0 Å². The number of H-pyrrole nitrogens is 1. The summed E-state index contributed by atoms with van der Waals surface area (Å²) in [6.45, 7) is 5.36. The van der Waals surface area contributed by atoms with Gasteiger partial charge in [0.2, 0.25) is 5.78 Å². The summed E-state index contributed by atoms with van der Waals surface area (Å²) in [6.07, 6.45) is 1.67. The highest BCUT2D eigenvalue weighted by Crippen LogP contribution is 2.23. The van der Waals surface area contributed by atoms with E-state index in [1.807, 2.05) is 24.3 Å². The van der Waals surface area contributed by atoms with E-state index in [-0.39, 0.29) is 16.5 Å². The van der Waals surface area contributed by atoms with Gasteiger partial charge in [0.1, 0.15) is 5.60 Å². The van der Waals surface area contributed by atoms with Crippen LogP contribution in [-0.4, -0.2) is 27.3 Å². The number of aromatic amines is 1. The number of thiazole rings is 1. The van der Waals surface area contributed by atoms with E-state index in [4.69, 9.17) is 4.74 Å². The van der Waals surface area contributed by atoms with Crippen molar-refractivity contribution >= 4 is 34.0 Å². The Balaban J connectivity index is 1.88. The fraction of sp³-hybridized carbons (Fsp3) is 0.235. The average molecular weight is 328 g/mol. The summed E-state index contributed by atoms with van der Waals surface area (Å²) in [5, 5.41) is 2.66. The lowest BCUT2D eigenvalue weighted by atomic mass is 10.1. The largest absolute Gasteiger partial charge is 0.455 e. The summed E-state index contributed by atoms with van der Waals surface area (Å²) >= 11 is 1.14. The molecule has 118 valence electrons. The first-order valence-electron chi connectivity index (χ1n) is 7.15. The van der Waals surface area contributed by atoms with E-state index in [9.17, 15) is 9.59 Å². The van der Waals surface area contributed by atoms with Crippen LogP contribution in [0.3, 0.4) is 0 Å². The van der Waals surface area contributed by atoms with Gasteiger partial charge in [-0.2, -0.15) is 0 Å². The van der Waals surface area contributed by atoms with E-state index >= 15 is 0 Å². The van der Waals surface area contributed by atoms with E-state index in [2.05, 4.69) is 9.97 Å². The number of nitrogens with one attached hydrogen (secondary N) is 1. The molecule has 0 saturated heterocycles. The fourth-order valence-corrected chi connectivity index (χ4v) is 2.92. The molecule has 1 aromatic carbocycles. The van der Waals surface area contributed by atoms with Gasteiger partial charge in [-0.3, -0.25) is 4.79 Å². The number of carbonyl (C=O) groups excluding carboxylic acids is 2. The van der Waals surface area contributed by atoms with Crippen molar-refractivity contribution in [2.45, 2.75) is 26.4 Å². The van der Waals surface area contributed by atoms with Gasteiger partial charge in [0, 0.05) is 22.5 Å². The number of hydrogen-bond acceptors (Lipinski definition) is 5. The second kappa shape index (κ2) is 5.62. The highest BCUT2D eigenvalue weighted by atomic mass is 32.1. The Morgan fingerprint density at radius 2 is 1.96 bits per heavy atom. The van der Waals surface area contributed by atoms with Gasteiger partial charge in [0.25, 0.3) is 0 Å². The number of benzene rings is 1. The van der Waals surface area contributed by atoms with Crippen LogP contribution in [0.1, 0.15) is 46.6 Å². The smallest absolute Gasteiger partial charge is 0.358 e. The van der Waals surface area contributed by atoms with Gasteiger partial charge < -0.3 is 9.72 Å². The molecule has 0 bridgehead atoms. The third-order valence-electron chi connectivity index (χ3n) is 3.14. The number of ether oxygens (including phenoxy) is 1. The molecule has 0 amide bonds. The Hall–Kier alpha value is -2.47. The van der Waals surface area contributed by atoms with E-state index in [0.29, 0.717) is 5.56 Å². The molecule has 0 saturated carbocycles. The molecule has 0 aliphatic rings. The predicted molar refractivity (Wildman–Crippen MR) is 89.0 cm³/mol. The SMILES string of the molecule is CC(C)(C)OC(=O)c1csc(C(=O)c2c[nH]c3ccccc23)n1. The maximum Gasteiger partial charge on any atom is 0.358 e. The minimum Gasteiger partial charge on any atom is -0.455 e. The van der Waals surface area contributed by atoms with Gasteiger partial charge in [-0.15, -0.1) is 11.3 Å². The quantitative estimate of drug-likeness (QED) is 0.586.